The first-order valence-electron chi connectivity index (χ1n) is 10.3. The van der Waals surface area contributed by atoms with Crippen LogP contribution in [0.2, 0.25) is 0 Å². The van der Waals surface area contributed by atoms with Gasteiger partial charge in [0.15, 0.2) is 0 Å². The SMILES string of the molecule is COc1ccc(C(=O)Nc2cc(CN3C(=O)N(c4ccc(SF)cc4)C(=O)C3C)ccn2)cc1. The van der Waals surface area contributed by atoms with E-state index in [1.54, 1.807) is 50.4 Å². The number of hydrogen-bond acceptors (Lipinski definition) is 6. The van der Waals surface area contributed by atoms with Gasteiger partial charge in [0.05, 0.1) is 24.9 Å². The lowest BCUT2D eigenvalue weighted by molar-refractivity contribution is -0.119. The van der Waals surface area contributed by atoms with E-state index in [9.17, 15) is 18.3 Å². The molecule has 1 atom stereocenters. The maximum absolute atomic E-state index is 13.0. The third kappa shape index (κ3) is 4.72. The van der Waals surface area contributed by atoms with Crippen molar-refractivity contribution >= 4 is 41.5 Å². The molecule has 0 aliphatic carbocycles. The molecule has 10 heteroatoms. The lowest BCUT2D eigenvalue weighted by atomic mass is 10.2. The van der Waals surface area contributed by atoms with E-state index in [2.05, 4.69) is 10.3 Å². The summed E-state index contributed by atoms with van der Waals surface area (Å²) in [7, 11) is 1.55. The molecular formula is C24H21FN4O4S. The Bertz CT molecular complexity index is 1220. The molecule has 2 heterocycles. The molecule has 3 aromatic rings. The highest BCUT2D eigenvalue weighted by Crippen LogP contribution is 2.29. The molecule has 4 amide bonds. The van der Waals surface area contributed by atoms with E-state index in [1.165, 1.54) is 35.4 Å². The molecule has 0 spiro atoms. The summed E-state index contributed by atoms with van der Waals surface area (Å²) in [6, 6.07) is 14.9. The topological polar surface area (TPSA) is 91.8 Å². The van der Waals surface area contributed by atoms with Crippen LogP contribution < -0.4 is 15.0 Å². The quantitative estimate of drug-likeness (QED) is 0.494. The van der Waals surface area contributed by atoms with Gasteiger partial charge >= 0.3 is 6.03 Å². The zero-order valence-corrected chi connectivity index (χ0v) is 19.2. The predicted molar refractivity (Wildman–Crippen MR) is 126 cm³/mol. The summed E-state index contributed by atoms with van der Waals surface area (Å²) in [5, 5.41) is 2.73. The van der Waals surface area contributed by atoms with Crippen LogP contribution in [-0.4, -0.2) is 40.9 Å². The number of urea groups is 1. The first kappa shape index (κ1) is 23.2. The number of rotatable bonds is 7. The van der Waals surface area contributed by atoms with Gasteiger partial charge in [0, 0.05) is 23.2 Å². The van der Waals surface area contributed by atoms with E-state index in [0.717, 1.165) is 4.90 Å². The van der Waals surface area contributed by atoms with Crippen molar-refractivity contribution in [1.82, 2.24) is 9.88 Å². The Hall–Kier alpha value is -3.92. The molecule has 0 saturated carbocycles. The van der Waals surface area contributed by atoms with Crippen molar-refractivity contribution in [2.45, 2.75) is 24.4 Å². The van der Waals surface area contributed by atoms with Crippen molar-refractivity contribution in [3.63, 3.8) is 0 Å². The average molecular weight is 481 g/mol. The van der Waals surface area contributed by atoms with Gasteiger partial charge in [-0.25, -0.2) is 14.7 Å². The fraction of sp³-hybridized carbons (Fsp3) is 0.167. The van der Waals surface area contributed by atoms with Crippen molar-refractivity contribution < 1.29 is 23.0 Å². The Morgan fingerprint density at radius 2 is 1.82 bits per heavy atom. The van der Waals surface area contributed by atoms with Crippen LogP contribution in [0, 0.1) is 0 Å². The summed E-state index contributed by atoms with van der Waals surface area (Å²) in [4.78, 5) is 45.4. The number of hydrogen-bond donors (Lipinski definition) is 1. The van der Waals surface area contributed by atoms with E-state index < -0.39 is 12.1 Å². The van der Waals surface area contributed by atoms with E-state index in [4.69, 9.17) is 4.74 Å². The fourth-order valence-corrected chi connectivity index (χ4v) is 3.80. The minimum absolute atomic E-state index is 0.0898. The molecule has 1 aromatic heterocycles. The number of ether oxygens (including phenoxy) is 1. The van der Waals surface area contributed by atoms with Crippen LogP contribution in [-0.2, 0) is 11.3 Å². The molecule has 1 fully saturated rings. The van der Waals surface area contributed by atoms with Gasteiger partial charge in [0.1, 0.15) is 17.6 Å². The number of halogens is 1. The van der Waals surface area contributed by atoms with E-state index in [-0.39, 0.29) is 30.5 Å². The average Bonchev–Trinajstić information content (AvgIpc) is 3.07. The van der Waals surface area contributed by atoms with Crippen molar-refractivity contribution in [2.75, 3.05) is 17.3 Å². The third-order valence-electron chi connectivity index (χ3n) is 5.44. The fourth-order valence-electron chi connectivity index (χ4n) is 3.57. The second-order valence-electron chi connectivity index (χ2n) is 7.56. The van der Waals surface area contributed by atoms with Crippen LogP contribution in [0.15, 0.2) is 71.8 Å². The smallest absolute Gasteiger partial charge is 0.332 e. The van der Waals surface area contributed by atoms with Crippen molar-refractivity contribution in [1.29, 1.82) is 0 Å². The Balaban J connectivity index is 1.47. The summed E-state index contributed by atoms with van der Waals surface area (Å²) in [6.07, 6.45) is 1.52. The normalized spacial score (nSPS) is 15.6. The monoisotopic (exact) mass is 480 g/mol. The van der Waals surface area contributed by atoms with Gasteiger partial charge in [-0.1, -0.05) is 0 Å². The number of imide groups is 1. The van der Waals surface area contributed by atoms with Crippen molar-refractivity contribution in [3.8, 4) is 5.75 Å². The number of carbonyl (C=O) groups excluding carboxylic acids is 3. The highest BCUT2D eigenvalue weighted by Gasteiger charge is 2.43. The van der Waals surface area contributed by atoms with Gasteiger partial charge in [-0.15, -0.1) is 0 Å². The molecule has 8 nitrogen and oxygen atoms in total. The minimum Gasteiger partial charge on any atom is -0.497 e. The van der Waals surface area contributed by atoms with Crippen LogP contribution in [0.1, 0.15) is 22.8 Å². The van der Waals surface area contributed by atoms with E-state index >= 15 is 0 Å². The highest BCUT2D eigenvalue weighted by atomic mass is 32.2. The zero-order valence-electron chi connectivity index (χ0n) is 18.4. The standard InChI is InChI=1S/C24H21FN4O4S/c1-15-23(31)29(18-5-9-20(34-25)10-6-18)24(32)28(15)14-16-11-12-26-21(13-16)27-22(30)17-3-7-19(33-2)8-4-17/h3-13,15H,14H2,1-2H3,(H,26,27,30). The number of nitrogens with zero attached hydrogens (tertiary/aromatic N) is 3. The van der Waals surface area contributed by atoms with Gasteiger partial charge < -0.3 is 15.0 Å². The lowest BCUT2D eigenvalue weighted by Gasteiger charge is -2.19. The summed E-state index contributed by atoms with van der Waals surface area (Å²) >= 11 is 0.0898. The summed E-state index contributed by atoms with van der Waals surface area (Å²) < 4.78 is 17.8. The molecule has 1 unspecified atom stereocenters. The van der Waals surface area contributed by atoms with Gasteiger partial charge in [-0.2, -0.15) is 3.89 Å². The molecule has 1 N–H and O–H groups in total. The Morgan fingerprint density at radius 3 is 2.47 bits per heavy atom. The van der Waals surface area contributed by atoms with Gasteiger partial charge in [0.2, 0.25) is 0 Å². The maximum atomic E-state index is 13.0. The number of pyridine rings is 1. The Labute approximate surface area is 200 Å². The van der Waals surface area contributed by atoms with E-state index in [1.807, 2.05) is 0 Å². The molecule has 0 bridgehead atoms. The number of carbonyl (C=O) groups is 3. The molecule has 1 aliphatic heterocycles. The molecule has 34 heavy (non-hydrogen) atoms. The van der Waals surface area contributed by atoms with Crippen LogP contribution in [0.3, 0.4) is 0 Å². The molecule has 4 rings (SSSR count). The molecule has 174 valence electrons. The minimum atomic E-state index is -0.687. The number of amides is 4. The molecule has 1 aliphatic rings. The van der Waals surface area contributed by atoms with E-state index in [0.29, 0.717) is 33.3 Å². The summed E-state index contributed by atoms with van der Waals surface area (Å²) in [6.45, 7) is 1.80. The number of aromatic nitrogens is 1. The molecule has 1 saturated heterocycles. The van der Waals surface area contributed by atoms with Crippen LogP contribution in [0.4, 0.5) is 20.2 Å². The summed E-state index contributed by atoms with van der Waals surface area (Å²) in [5.41, 5.74) is 1.51. The number of benzene rings is 2. The Kier molecular flexibility index (Phi) is 6.78. The first-order chi connectivity index (χ1) is 16.4. The lowest BCUT2D eigenvalue weighted by Crippen LogP contribution is -2.33. The van der Waals surface area contributed by atoms with Crippen molar-refractivity contribution in [3.05, 3.63) is 78.0 Å². The maximum Gasteiger partial charge on any atom is 0.332 e. The number of nitrogens with one attached hydrogen (secondary N) is 1. The van der Waals surface area contributed by atoms with Gasteiger partial charge in [0.25, 0.3) is 11.8 Å². The number of methoxy groups -OCH3 is 1. The highest BCUT2D eigenvalue weighted by molar-refractivity contribution is 7.94. The Morgan fingerprint density at radius 1 is 1.12 bits per heavy atom. The largest absolute Gasteiger partial charge is 0.497 e. The molecular weight excluding hydrogens is 459 g/mol. The van der Waals surface area contributed by atoms with Gasteiger partial charge in [-0.3, -0.25) is 9.59 Å². The van der Waals surface area contributed by atoms with Crippen LogP contribution >= 0.6 is 12.1 Å². The van der Waals surface area contributed by atoms with Crippen LogP contribution in [0.25, 0.3) is 0 Å². The molecule has 0 radical (unpaired) electrons. The first-order valence-corrected chi connectivity index (χ1v) is 11.1. The molecule has 2 aromatic carbocycles. The number of anilines is 2. The second kappa shape index (κ2) is 9.92. The van der Waals surface area contributed by atoms with Crippen LogP contribution in [0.5, 0.6) is 5.75 Å². The second-order valence-corrected chi connectivity index (χ2v) is 8.19. The zero-order chi connectivity index (χ0) is 24.2. The van der Waals surface area contributed by atoms with Gasteiger partial charge in [-0.05, 0) is 73.2 Å². The predicted octanol–water partition coefficient (Wildman–Crippen LogP) is 4.68. The third-order valence-corrected chi connectivity index (χ3v) is 5.89. The van der Waals surface area contributed by atoms with Crippen molar-refractivity contribution in [2.24, 2.45) is 0 Å². The summed E-state index contributed by atoms with van der Waals surface area (Å²) in [5.74, 6) is 0.254.